The van der Waals surface area contributed by atoms with E-state index in [4.69, 9.17) is 4.74 Å². The van der Waals surface area contributed by atoms with Gasteiger partial charge in [0, 0.05) is 44.1 Å². The third-order valence-electron chi connectivity index (χ3n) is 5.45. The molecule has 1 amide bonds. The Morgan fingerprint density at radius 2 is 1.81 bits per heavy atom. The lowest BCUT2D eigenvalue weighted by atomic mass is 10.1. The normalized spacial score (nSPS) is 14.0. The molecule has 4 rings (SSSR count). The number of rotatable bonds is 7. The number of nitrogens with zero attached hydrogens (tertiary/aromatic N) is 4. The number of halogens is 1. The predicted octanol–water partition coefficient (Wildman–Crippen LogP) is 4.15. The van der Waals surface area contributed by atoms with Crippen molar-refractivity contribution in [3.05, 3.63) is 72.3 Å². The number of piperazine rings is 1. The lowest BCUT2D eigenvalue weighted by Crippen LogP contribution is -2.49. The Labute approximate surface area is 181 Å². The highest BCUT2D eigenvalue weighted by atomic mass is 19.1. The number of amides is 1. The fourth-order valence-corrected chi connectivity index (χ4v) is 3.68. The van der Waals surface area contributed by atoms with Gasteiger partial charge in [-0.15, -0.1) is 0 Å². The van der Waals surface area contributed by atoms with E-state index in [1.54, 1.807) is 35.2 Å². The Morgan fingerprint density at radius 3 is 2.52 bits per heavy atom. The van der Waals surface area contributed by atoms with E-state index in [0.29, 0.717) is 50.0 Å². The predicted molar refractivity (Wildman–Crippen MR) is 118 cm³/mol. The second kappa shape index (κ2) is 9.64. The third-order valence-corrected chi connectivity index (χ3v) is 5.45. The number of ether oxygens (including phenoxy) is 1. The Morgan fingerprint density at radius 1 is 1.06 bits per heavy atom. The lowest BCUT2D eigenvalue weighted by Gasteiger charge is -2.35. The Hall–Kier alpha value is -3.35. The van der Waals surface area contributed by atoms with Crippen LogP contribution in [0.1, 0.15) is 30.1 Å². The average Bonchev–Trinajstić information content (AvgIpc) is 3.29. The van der Waals surface area contributed by atoms with Crippen LogP contribution in [0.15, 0.2) is 60.9 Å². The number of hydrogen-bond donors (Lipinski definition) is 0. The third kappa shape index (κ3) is 4.71. The van der Waals surface area contributed by atoms with E-state index in [-0.39, 0.29) is 11.7 Å². The van der Waals surface area contributed by atoms with Crippen molar-refractivity contribution in [3.8, 4) is 11.4 Å². The number of imidazole rings is 1. The topological polar surface area (TPSA) is 50.6 Å². The van der Waals surface area contributed by atoms with Crippen LogP contribution >= 0.6 is 0 Å². The lowest BCUT2D eigenvalue weighted by molar-refractivity contribution is 0.0746. The largest absolute Gasteiger partial charge is 0.494 e. The minimum absolute atomic E-state index is 0.0113. The van der Waals surface area contributed by atoms with Crippen LogP contribution in [0.4, 0.5) is 10.3 Å². The Bertz CT molecular complexity index is 1010. The van der Waals surface area contributed by atoms with Crippen LogP contribution in [0.2, 0.25) is 0 Å². The zero-order valence-electron chi connectivity index (χ0n) is 17.7. The van der Waals surface area contributed by atoms with Gasteiger partial charge in [0.15, 0.2) is 0 Å². The van der Waals surface area contributed by atoms with Crippen molar-refractivity contribution in [2.24, 2.45) is 0 Å². The van der Waals surface area contributed by atoms with Crippen molar-refractivity contribution in [3.63, 3.8) is 0 Å². The molecule has 1 fully saturated rings. The summed E-state index contributed by atoms with van der Waals surface area (Å²) in [5.41, 5.74) is 1.12. The van der Waals surface area contributed by atoms with Crippen LogP contribution in [0, 0.1) is 5.82 Å². The Kier molecular flexibility index (Phi) is 6.50. The molecule has 1 aliphatic rings. The molecule has 7 heteroatoms. The van der Waals surface area contributed by atoms with Gasteiger partial charge in [-0.25, -0.2) is 9.37 Å². The van der Waals surface area contributed by atoms with E-state index < -0.39 is 0 Å². The van der Waals surface area contributed by atoms with Crippen LogP contribution in [-0.2, 0) is 0 Å². The number of anilines is 1. The SMILES string of the molecule is CCCCOc1ccc(C(=O)N2CCN(c3nccn3-c3ccccc3F)CC2)cc1. The molecule has 0 radical (unpaired) electrons. The molecule has 6 nitrogen and oxygen atoms in total. The maximum atomic E-state index is 14.2. The molecule has 1 aliphatic heterocycles. The minimum atomic E-state index is -0.294. The van der Waals surface area contributed by atoms with Gasteiger partial charge in [-0.3, -0.25) is 9.36 Å². The molecule has 1 aromatic heterocycles. The highest BCUT2D eigenvalue weighted by molar-refractivity contribution is 5.94. The first-order valence-electron chi connectivity index (χ1n) is 10.7. The van der Waals surface area contributed by atoms with Gasteiger partial charge in [-0.2, -0.15) is 0 Å². The summed E-state index contributed by atoms with van der Waals surface area (Å²) in [6, 6.07) is 14.0. The van der Waals surface area contributed by atoms with E-state index in [1.807, 2.05) is 29.2 Å². The fourth-order valence-electron chi connectivity index (χ4n) is 3.68. The molecule has 0 unspecified atom stereocenters. The van der Waals surface area contributed by atoms with Crippen molar-refractivity contribution in [1.82, 2.24) is 14.5 Å². The summed E-state index contributed by atoms with van der Waals surface area (Å²) in [6.07, 6.45) is 5.53. The molecule has 2 heterocycles. The van der Waals surface area contributed by atoms with Crippen LogP contribution in [0.5, 0.6) is 5.75 Å². The summed E-state index contributed by atoms with van der Waals surface area (Å²) < 4.78 is 21.7. The number of benzene rings is 2. The van der Waals surface area contributed by atoms with Crippen LogP contribution < -0.4 is 9.64 Å². The smallest absolute Gasteiger partial charge is 0.253 e. The van der Waals surface area contributed by atoms with Gasteiger partial charge in [-0.05, 0) is 42.8 Å². The molecule has 0 atom stereocenters. The summed E-state index contributed by atoms with van der Waals surface area (Å²) in [5, 5.41) is 0. The zero-order valence-corrected chi connectivity index (χ0v) is 17.7. The second-order valence-electron chi connectivity index (χ2n) is 7.55. The van der Waals surface area contributed by atoms with E-state index in [1.165, 1.54) is 6.07 Å². The summed E-state index contributed by atoms with van der Waals surface area (Å²) in [4.78, 5) is 21.3. The molecule has 2 aromatic carbocycles. The van der Waals surface area contributed by atoms with Crippen LogP contribution in [0.3, 0.4) is 0 Å². The number of carbonyl (C=O) groups excluding carboxylic acids is 1. The van der Waals surface area contributed by atoms with E-state index in [2.05, 4.69) is 16.8 Å². The zero-order chi connectivity index (χ0) is 21.6. The maximum Gasteiger partial charge on any atom is 0.253 e. The summed E-state index contributed by atoms with van der Waals surface area (Å²) in [5.74, 6) is 1.19. The minimum Gasteiger partial charge on any atom is -0.494 e. The average molecular weight is 423 g/mol. The van der Waals surface area contributed by atoms with Crippen molar-refractivity contribution in [2.75, 3.05) is 37.7 Å². The first-order valence-corrected chi connectivity index (χ1v) is 10.7. The highest BCUT2D eigenvalue weighted by Crippen LogP contribution is 2.22. The molecule has 0 aliphatic carbocycles. The first kappa shape index (κ1) is 20.9. The molecule has 0 bridgehead atoms. The van der Waals surface area contributed by atoms with Crippen LogP contribution in [-0.4, -0.2) is 53.1 Å². The second-order valence-corrected chi connectivity index (χ2v) is 7.55. The van der Waals surface area contributed by atoms with Gasteiger partial charge < -0.3 is 14.5 Å². The van der Waals surface area contributed by atoms with E-state index in [9.17, 15) is 9.18 Å². The van der Waals surface area contributed by atoms with Crippen molar-refractivity contribution in [2.45, 2.75) is 19.8 Å². The molecule has 0 saturated carbocycles. The molecule has 0 spiro atoms. The molecular formula is C24H27FN4O2. The van der Waals surface area contributed by atoms with Gasteiger partial charge in [0.1, 0.15) is 11.6 Å². The fraction of sp³-hybridized carbons (Fsp3) is 0.333. The summed E-state index contributed by atoms with van der Waals surface area (Å²) in [6.45, 7) is 5.24. The molecule has 1 saturated heterocycles. The van der Waals surface area contributed by atoms with Gasteiger partial charge in [0.05, 0.1) is 12.3 Å². The molecule has 3 aromatic rings. The number of hydrogen-bond acceptors (Lipinski definition) is 4. The monoisotopic (exact) mass is 422 g/mol. The Balaban J connectivity index is 1.38. The molecular weight excluding hydrogens is 395 g/mol. The van der Waals surface area contributed by atoms with Gasteiger partial charge in [0.25, 0.3) is 5.91 Å². The van der Waals surface area contributed by atoms with E-state index >= 15 is 0 Å². The number of carbonyl (C=O) groups is 1. The van der Waals surface area contributed by atoms with Crippen molar-refractivity contribution >= 4 is 11.9 Å². The van der Waals surface area contributed by atoms with Gasteiger partial charge >= 0.3 is 0 Å². The number of aromatic nitrogens is 2. The van der Waals surface area contributed by atoms with Gasteiger partial charge in [0.2, 0.25) is 5.95 Å². The van der Waals surface area contributed by atoms with Crippen LogP contribution in [0.25, 0.3) is 5.69 Å². The number of unbranched alkanes of at least 4 members (excludes halogenated alkanes) is 1. The van der Waals surface area contributed by atoms with E-state index in [0.717, 1.165) is 18.6 Å². The highest BCUT2D eigenvalue weighted by Gasteiger charge is 2.25. The van der Waals surface area contributed by atoms with Crippen molar-refractivity contribution < 1.29 is 13.9 Å². The summed E-state index contributed by atoms with van der Waals surface area (Å²) in [7, 11) is 0. The number of para-hydroxylation sites is 1. The van der Waals surface area contributed by atoms with Crippen molar-refractivity contribution in [1.29, 1.82) is 0 Å². The standard InChI is InChI=1S/C24H27FN4O2/c1-2-3-18-31-20-10-8-19(9-11-20)23(30)27-14-16-28(17-15-27)24-26-12-13-29(24)22-7-5-4-6-21(22)25/h4-13H,2-3,14-18H2,1H3. The first-order chi connectivity index (χ1) is 15.2. The quantitative estimate of drug-likeness (QED) is 0.537. The molecule has 0 N–H and O–H groups in total. The maximum absolute atomic E-state index is 14.2. The summed E-state index contributed by atoms with van der Waals surface area (Å²) >= 11 is 0. The van der Waals surface area contributed by atoms with Gasteiger partial charge in [-0.1, -0.05) is 25.5 Å². The molecule has 31 heavy (non-hydrogen) atoms. The molecule has 162 valence electrons.